The monoisotopic (exact) mass is 430 g/mol. The number of carbonyl (C=O) groups excluding carboxylic acids is 1. The second-order valence-corrected chi connectivity index (χ2v) is 10.1. The van der Waals surface area contributed by atoms with E-state index in [0.717, 1.165) is 4.90 Å². The maximum absolute atomic E-state index is 11.4. The number of hydrogen-bond acceptors (Lipinski definition) is 8. The van der Waals surface area contributed by atoms with Gasteiger partial charge in [-0.05, 0) is 30.5 Å². The fourth-order valence-electron chi connectivity index (χ4n) is 3.81. The number of nitrogens with zero attached hydrogens (tertiary/aromatic N) is 3. The van der Waals surface area contributed by atoms with Gasteiger partial charge in [-0.2, -0.15) is 0 Å². The average Bonchev–Trinajstić information content (AvgIpc) is 2.62. The number of nitrogen functional groups attached to an aromatic ring is 2. The van der Waals surface area contributed by atoms with Gasteiger partial charge < -0.3 is 26.8 Å². The van der Waals surface area contributed by atoms with Crippen LogP contribution in [0.4, 0.5) is 22.1 Å². The number of aromatic nitrogens is 2. The Morgan fingerprint density at radius 1 is 1.33 bits per heavy atom. The molecule has 1 saturated heterocycles. The highest BCUT2D eigenvalue weighted by atomic mass is 32.2. The fraction of sp³-hybridized carbons (Fsp3) is 0.476. The lowest BCUT2D eigenvalue weighted by atomic mass is 9.75. The first kappa shape index (κ1) is 22.0. The number of anilines is 3. The van der Waals surface area contributed by atoms with Crippen molar-refractivity contribution >= 4 is 35.2 Å². The van der Waals surface area contributed by atoms with Crippen LogP contribution < -0.4 is 22.1 Å². The Bertz CT molecular complexity index is 932. The summed E-state index contributed by atoms with van der Waals surface area (Å²) in [4.78, 5) is 23.7. The Balaban J connectivity index is 1.85. The van der Waals surface area contributed by atoms with E-state index in [-0.39, 0.29) is 11.5 Å². The molecule has 3 rings (SSSR count). The van der Waals surface area contributed by atoms with E-state index in [1.807, 2.05) is 31.2 Å². The second kappa shape index (κ2) is 8.22. The Morgan fingerprint density at radius 2 is 2.07 bits per heavy atom. The first-order valence-corrected chi connectivity index (χ1v) is 10.7. The molecule has 0 spiro atoms. The Morgan fingerprint density at radius 3 is 2.67 bits per heavy atom. The molecule has 2 heterocycles. The number of ether oxygens (including phenoxy) is 1. The van der Waals surface area contributed by atoms with Gasteiger partial charge in [-0.15, -0.1) is 0 Å². The summed E-state index contributed by atoms with van der Waals surface area (Å²) in [5, 5.41) is 0.635. The van der Waals surface area contributed by atoms with Gasteiger partial charge >= 0.3 is 6.09 Å². The number of carbonyl (C=O) groups is 1. The van der Waals surface area contributed by atoms with Crippen molar-refractivity contribution in [2.24, 2.45) is 11.1 Å². The van der Waals surface area contributed by atoms with E-state index in [1.54, 1.807) is 6.20 Å². The molecule has 9 heteroatoms. The van der Waals surface area contributed by atoms with E-state index in [1.165, 1.54) is 11.8 Å². The Kier molecular flexibility index (Phi) is 6.03. The van der Waals surface area contributed by atoms with Gasteiger partial charge in [0.05, 0.1) is 6.20 Å². The molecule has 1 aliphatic heterocycles. The molecule has 6 N–H and O–H groups in total. The number of amides is 1. The molecular formula is C21H30N6O2S. The SMILES string of the molecule is CC1(OC(N)=O)CCN(c2cnc(Sc3cccc(N)c3)c(N)n2)C(C(C)(C)C)C1. The summed E-state index contributed by atoms with van der Waals surface area (Å²) in [5.41, 5.74) is 17.4. The summed E-state index contributed by atoms with van der Waals surface area (Å²) in [6, 6.07) is 7.62. The van der Waals surface area contributed by atoms with E-state index in [9.17, 15) is 4.79 Å². The summed E-state index contributed by atoms with van der Waals surface area (Å²) in [6.45, 7) is 9.05. The third-order valence-corrected chi connectivity index (χ3v) is 6.35. The van der Waals surface area contributed by atoms with Crippen molar-refractivity contribution in [3.63, 3.8) is 0 Å². The smallest absolute Gasteiger partial charge is 0.405 e. The second-order valence-electron chi connectivity index (χ2n) is 8.99. The zero-order chi connectivity index (χ0) is 22.1. The van der Waals surface area contributed by atoms with Gasteiger partial charge in [0.1, 0.15) is 16.4 Å². The molecule has 162 valence electrons. The highest BCUT2D eigenvalue weighted by Crippen LogP contribution is 2.40. The number of primary amides is 1. The highest BCUT2D eigenvalue weighted by molar-refractivity contribution is 7.99. The predicted octanol–water partition coefficient (Wildman–Crippen LogP) is 3.66. The molecule has 1 amide bonds. The lowest BCUT2D eigenvalue weighted by molar-refractivity contribution is -0.00950. The highest BCUT2D eigenvalue weighted by Gasteiger charge is 2.44. The van der Waals surface area contributed by atoms with Crippen molar-refractivity contribution in [3.05, 3.63) is 30.5 Å². The number of piperidine rings is 1. The first-order chi connectivity index (χ1) is 14.0. The van der Waals surface area contributed by atoms with Crippen LogP contribution in [-0.4, -0.2) is 34.2 Å². The van der Waals surface area contributed by atoms with Gasteiger partial charge in [0.2, 0.25) is 0 Å². The minimum atomic E-state index is -0.745. The van der Waals surface area contributed by atoms with Gasteiger partial charge in [-0.25, -0.2) is 14.8 Å². The van der Waals surface area contributed by atoms with E-state index in [0.29, 0.717) is 41.7 Å². The molecule has 8 nitrogen and oxygen atoms in total. The lowest BCUT2D eigenvalue weighted by Crippen LogP contribution is -2.56. The van der Waals surface area contributed by atoms with Crippen LogP contribution in [0.25, 0.3) is 0 Å². The van der Waals surface area contributed by atoms with Crippen molar-refractivity contribution in [2.75, 3.05) is 22.9 Å². The molecule has 0 aliphatic carbocycles. The van der Waals surface area contributed by atoms with Crippen LogP contribution in [0, 0.1) is 5.41 Å². The maximum Gasteiger partial charge on any atom is 0.405 e. The van der Waals surface area contributed by atoms with Gasteiger partial charge in [0, 0.05) is 36.0 Å². The van der Waals surface area contributed by atoms with E-state index >= 15 is 0 Å². The van der Waals surface area contributed by atoms with Crippen molar-refractivity contribution in [2.45, 2.75) is 62.1 Å². The van der Waals surface area contributed by atoms with Crippen molar-refractivity contribution in [1.82, 2.24) is 9.97 Å². The van der Waals surface area contributed by atoms with Crippen LogP contribution in [0.3, 0.4) is 0 Å². The largest absolute Gasteiger partial charge is 0.443 e. The average molecular weight is 431 g/mol. The molecule has 1 aromatic carbocycles. The summed E-state index contributed by atoms with van der Waals surface area (Å²) in [7, 11) is 0. The summed E-state index contributed by atoms with van der Waals surface area (Å²) in [5.74, 6) is 1.08. The predicted molar refractivity (Wildman–Crippen MR) is 120 cm³/mol. The number of nitrogens with two attached hydrogens (primary N) is 3. The first-order valence-electron chi connectivity index (χ1n) is 9.88. The van der Waals surface area contributed by atoms with Crippen molar-refractivity contribution in [1.29, 1.82) is 0 Å². The Labute approximate surface area is 181 Å². The third-order valence-electron chi connectivity index (χ3n) is 5.35. The fourth-order valence-corrected chi connectivity index (χ4v) is 4.63. The quantitative estimate of drug-likeness (QED) is 0.626. The molecule has 1 fully saturated rings. The van der Waals surface area contributed by atoms with Gasteiger partial charge in [-0.3, -0.25) is 0 Å². The zero-order valence-corrected chi connectivity index (χ0v) is 18.7. The van der Waals surface area contributed by atoms with E-state index in [2.05, 4.69) is 35.6 Å². The standard InChI is InChI=1S/C21H30N6O2S/c1-20(2,3)15-11-21(4,29-19(24)28)8-9-27(15)16-12-25-18(17(23)26-16)30-14-7-5-6-13(22)10-14/h5-7,10,12,15H,8-9,11,22H2,1-4H3,(H2,23,26)(H2,24,28). The molecule has 0 bridgehead atoms. The van der Waals surface area contributed by atoms with Crippen LogP contribution in [0.15, 0.2) is 40.4 Å². The minimum Gasteiger partial charge on any atom is -0.443 e. The number of benzene rings is 1. The van der Waals surface area contributed by atoms with E-state index in [4.69, 9.17) is 21.9 Å². The van der Waals surface area contributed by atoms with Crippen LogP contribution in [0.5, 0.6) is 0 Å². The molecule has 1 aromatic heterocycles. The van der Waals surface area contributed by atoms with Gasteiger partial charge in [0.25, 0.3) is 0 Å². The molecule has 30 heavy (non-hydrogen) atoms. The van der Waals surface area contributed by atoms with E-state index < -0.39 is 11.7 Å². The van der Waals surface area contributed by atoms with Gasteiger partial charge in [-0.1, -0.05) is 38.6 Å². The molecular weight excluding hydrogens is 400 g/mol. The van der Waals surface area contributed by atoms with Crippen molar-refractivity contribution in [3.8, 4) is 0 Å². The molecule has 2 atom stereocenters. The summed E-state index contributed by atoms with van der Waals surface area (Å²) >= 11 is 1.43. The van der Waals surface area contributed by atoms with Crippen LogP contribution in [0.2, 0.25) is 0 Å². The van der Waals surface area contributed by atoms with Gasteiger partial charge in [0.15, 0.2) is 5.82 Å². The molecule has 0 radical (unpaired) electrons. The lowest BCUT2D eigenvalue weighted by Gasteiger charge is -2.49. The number of hydrogen-bond donors (Lipinski definition) is 3. The Hall–Kier alpha value is -2.68. The van der Waals surface area contributed by atoms with Crippen LogP contribution in [0.1, 0.15) is 40.5 Å². The number of rotatable bonds is 4. The van der Waals surface area contributed by atoms with Crippen molar-refractivity contribution < 1.29 is 9.53 Å². The molecule has 1 aliphatic rings. The molecule has 0 saturated carbocycles. The summed E-state index contributed by atoms with van der Waals surface area (Å²) in [6.07, 6.45) is 2.29. The minimum absolute atomic E-state index is 0.0664. The summed E-state index contributed by atoms with van der Waals surface area (Å²) < 4.78 is 5.45. The zero-order valence-electron chi connectivity index (χ0n) is 17.9. The topological polar surface area (TPSA) is 133 Å². The maximum atomic E-state index is 11.4. The normalized spacial score (nSPS) is 22.0. The third kappa shape index (κ3) is 5.08. The van der Waals surface area contributed by atoms with Crippen LogP contribution >= 0.6 is 11.8 Å². The molecule has 2 unspecified atom stereocenters. The molecule has 2 aromatic rings. The van der Waals surface area contributed by atoms with Crippen LogP contribution in [-0.2, 0) is 4.74 Å².